The molecule has 0 radical (unpaired) electrons. The molecule has 6 rings (SSSR count). The molecule has 152 valence electrons. The van der Waals surface area contributed by atoms with Crippen molar-refractivity contribution in [3.8, 4) is 0 Å². The van der Waals surface area contributed by atoms with E-state index in [1.54, 1.807) is 0 Å². The van der Waals surface area contributed by atoms with E-state index in [0.29, 0.717) is 0 Å². The minimum absolute atomic E-state index is 1.34. The van der Waals surface area contributed by atoms with Crippen molar-refractivity contribution < 1.29 is 0 Å². The molecule has 0 N–H and O–H groups in total. The van der Waals surface area contributed by atoms with Crippen molar-refractivity contribution in [1.29, 1.82) is 0 Å². The highest BCUT2D eigenvalue weighted by Crippen LogP contribution is 2.33. The van der Waals surface area contributed by atoms with Crippen LogP contribution < -0.4 is 0 Å². The molecule has 0 saturated heterocycles. The van der Waals surface area contributed by atoms with Gasteiger partial charge >= 0.3 is 0 Å². The van der Waals surface area contributed by atoms with Crippen molar-refractivity contribution in [3.05, 3.63) is 146 Å². The molecule has 32 heavy (non-hydrogen) atoms. The second-order valence-corrected chi connectivity index (χ2v) is 7.72. The van der Waals surface area contributed by atoms with Crippen LogP contribution in [0.2, 0.25) is 0 Å². The Balaban J connectivity index is 0.000000135. The largest absolute Gasteiger partial charge is 0.0622 e. The number of fused-ring (bicyclic) bond motifs is 8. The fourth-order valence-corrected chi connectivity index (χ4v) is 4.20. The third kappa shape index (κ3) is 3.91. The third-order valence-corrected chi connectivity index (χ3v) is 5.76. The molecule has 0 heterocycles. The molecule has 0 aromatic heterocycles. The number of rotatable bonds is 0. The highest BCUT2D eigenvalue weighted by atomic mass is 14.1. The number of hydrogen-bond acceptors (Lipinski definition) is 0. The summed E-state index contributed by atoms with van der Waals surface area (Å²) in [6.07, 6.45) is 0. The van der Waals surface area contributed by atoms with Gasteiger partial charge in [0, 0.05) is 0 Å². The lowest BCUT2D eigenvalue weighted by atomic mass is 9.96. The summed E-state index contributed by atoms with van der Waals surface area (Å²) in [6, 6.07) is 50.6. The van der Waals surface area contributed by atoms with E-state index in [1.165, 1.54) is 43.1 Å². The molecule has 0 aliphatic rings. The molecule has 0 aliphatic carbocycles. The van der Waals surface area contributed by atoms with Gasteiger partial charge in [-0.05, 0) is 43.1 Å². The van der Waals surface area contributed by atoms with Crippen LogP contribution in [0.25, 0.3) is 43.1 Å². The van der Waals surface area contributed by atoms with E-state index in [-0.39, 0.29) is 0 Å². The fraction of sp³-hybridized carbons (Fsp3) is 0. The topological polar surface area (TPSA) is 0 Å². The van der Waals surface area contributed by atoms with E-state index in [0.717, 1.165) is 0 Å². The predicted molar refractivity (Wildman–Crippen MR) is 141 cm³/mol. The summed E-state index contributed by atoms with van der Waals surface area (Å²) in [5, 5.41) is 10.7. The summed E-state index contributed by atoms with van der Waals surface area (Å²) < 4.78 is 0. The van der Waals surface area contributed by atoms with Gasteiger partial charge in [-0.15, -0.1) is 0 Å². The fourth-order valence-electron chi connectivity index (χ4n) is 4.20. The van der Waals surface area contributed by atoms with Crippen LogP contribution in [0.4, 0.5) is 0 Å². The molecule has 6 aromatic carbocycles. The first kappa shape index (κ1) is 19.8. The first-order valence-corrected chi connectivity index (χ1v) is 11.0. The zero-order valence-corrected chi connectivity index (χ0v) is 17.9. The summed E-state index contributed by atoms with van der Waals surface area (Å²) in [5.74, 6) is 0. The van der Waals surface area contributed by atoms with Gasteiger partial charge in [0.15, 0.2) is 0 Å². The van der Waals surface area contributed by atoms with Crippen LogP contribution in [-0.4, -0.2) is 0 Å². The standard InChI is InChI=1S/2C16H12/c2*1-2-6-10-14-13(9-5-1)15-11-7-3-4-8-12-16(14)15/h2*1-12H. The lowest BCUT2D eigenvalue weighted by molar-refractivity contribution is 1.76. The highest BCUT2D eigenvalue weighted by Gasteiger charge is 2.05. The van der Waals surface area contributed by atoms with Crippen LogP contribution in [-0.2, 0) is 0 Å². The summed E-state index contributed by atoms with van der Waals surface area (Å²) in [6.45, 7) is 0. The summed E-state index contributed by atoms with van der Waals surface area (Å²) in [5.41, 5.74) is 0. The van der Waals surface area contributed by atoms with Crippen LogP contribution >= 0.6 is 0 Å². The zero-order valence-electron chi connectivity index (χ0n) is 17.9. The van der Waals surface area contributed by atoms with Gasteiger partial charge in [0.25, 0.3) is 0 Å². The van der Waals surface area contributed by atoms with Crippen LogP contribution in [0.3, 0.4) is 0 Å². The second kappa shape index (κ2) is 9.32. The maximum Gasteiger partial charge on any atom is -0.00990 e. The molecule has 0 saturated carbocycles. The van der Waals surface area contributed by atoms with Crippen molar-refractivity contribution >= 4 is 43.1 Å². The Labute approximate surface area is 188 Å². The SMILES string of the molecule is c1cccc2c(cc1)c1ccccccc21.c1cccc2c(cc1)c1ccccccc21. The van der Waals surface area contributed by atoms with Crippen molar-refractivity contribution in [2.24, 2.45) is 0 Å². The molecule has 0 fully saturated rings. The lowest BCUT2D eigenvalue weighted by Crippen LogP contribution is -1.79. The molecule has 0 unspecified atom stereocenters. The first-order valence-electron chi connectivity index (χ1n) is 11.0. The number of hydrogen-bond donors (Lipinski definition) is 0. The van der Waals surface area contributed by atoms with Crippen LogP contribution in [0.5, 0.6) is 0 Å². The Morgan fingerprint density at radius 3 is 0.406 bits per heavy atom. The molecular formula is C32H24. The maximum absolute atomic E-state index is 2.18. The molecule has 0 aliphatic heterocycles. The van der Waals surface area contributed by atoms with Gasteiger partial charge in [0.2, 0.25) is 0 Å². The molecule has 0 heteroatoms. The van der Waals surface area contributed by atoms with E-state index in [9.17, 15) is 0 Å². The van der Waals surface area contributed by atoms with Crippen molar-refractivity contribution in [1.82, 2.24) is 0 Å². The Bertz CT molecular complexity index is 1180. The molecule has 0 amide bonds. The summed E-state index contributed by atoms with van der Waals surface area (Å²) >= 11 is 0. The Morgan fingerprint density at radius 1 is 0.156 bits per heavy atom. The summed E-state index contributed by atoms with van der Waals surface area (Å²) in [7, 11) is 0. The molecular weight excluding hydrogens is 384 g/mol. The molecule has 0 spiro atoms. The first-order chi connectivity index (χ1) is 15.9. The average molecular weight is 409 g/mol. The summed E-state index contributed by atoms with van der Waals surface area (Å²) in [4.78, 5) is 0. The smallest absolute Gasteiger partial charge is 0.00990 e. The Kier molecular flexibility index (Phi) is 5.76. The van der Waals surface area contributed by atoms with E-state index in [1.807, 2.05) is 0 Å². The van der Waals surface area contributed by atoms with E-state index in [2.05, 4.69) is 146 Å². The van der Waals surface area contributed by atoms with Crippen LogP contribution in [0, 0.1) is 0 Å². The van der Waals surface area contributed by atoms with E-state index < -0.39 is 0 Å². The monoisotopic (exact) mass is 408 g/mol. The molecule has 0 bridgehead atoms. The third-order valence-electron chi connectivity index (χ3n) is 5.76. The molecule has 0 nitrogen and oxygen atoms in total. The van der Waals surface area contributed by atoms with Gasteiger partial charge in [-0.2, -0.15) is 0 Å². The normalized spacial score (nSPS) is 10.5. The zero-order chi connectivity index (χ0) is 21.6. The van der Waals surface area contributed by atoms with Gasteiger partial charge in [-0.1, -0.05) is 146 Å². The van der Waals surface area contributed by atoms with Gasteiger partial charge in [-0.25, -0.2) is 0 Å². The van der Waals surface area contributed by atoms with Crippen molar-refractivity contribution in [2.45, 2.75) is 0 Å². The van der Waals surface area contributed by atoms with Crippen LogP contribution in [0.15, 0.2) is 146 Å². The minimum Gasteiger partial charge on any atom is -0.0622 e. The van der Waals surface area contributed by atoms with Gasteiger partial charge in [-0.3, -0.25) is 0 Å². The molecule has 0 atom stereocenters. The second-order valence-electron chi connectivity index (χ2n) is 7.72. The van der Waals surface area contributed by atoms with E-state index in [4.69, 9.17) is 0 Å². The van der Waals surface area contributed by atoms with Crippen LogP contribution in [0.1, 0.15) is 0 Å². The average Bonchev–Trinajstić information content (AvgIpc) is 2.73. The Morgan fingerprint density at radius 2 is 0.281 bits per heavy atom. The van der Waals surface area contributed by atoms with Gasteiger partial charge in [0.05, 0.1) is 0 Å². The molecule has 6 aromatic rings. The predicted octanol–water partition coefficient (Wildman–Crippen LogP) is 9.11. The minimum atomic E-state index is 1.34. The maximum atomic E-state index is 2.18. The quantitative estimate of drug-likeness (QED) is 0.235. The van der Waals surface area contributed by atoms with Gasteiger partial charge in [0.1, 0.15) is 0 Å². The Hall–Kier alpha value is -4.16. The van der Waals surface area contributed by atoms with Crippen molar-refractivity contribution in [3.63, 3.8) is 0 Å². The lowest BCUT2D eigenvalue weighted by Gasteiger charge is -2.07. The highest BCUT2D eigenvalue weighted by molar-refractivity contribution is 6.25. The van der Waals surface area contributed by atoms with Crippen molar-refractivity contribution in [2.75, 3.05) is 0 Å². The van der Waals surface area contributed by atoms with Gasteiger partial charge < -0.3 is 0 Å². The van der Waals surface area contributed by atoms with E-state index >= 15 is 0 Å².